The molecule has 1 amide bonds. The fraction of sp³-hybridized carbons (Fsp3) is 0.364. The van der Waals surface area contributed by atoms with E-state index in [1.807, 2.05) is 36.4 Å². The Morgan fingerprint density at radius 3 is 2.59 bits per heavy atom. The number of benzene rings is 2. The van der Waals surface area contributed by atoms with Gasteiger partial charge in [-0.05, 0) is 48.4 Å². The fourth-order valence-corrected chi connectivity index (χ4v) is 4.05. The van der Waals surface area contributed by atoms with E-state index in [0.29, 0.717) is 19.3 Å². The zero-order valence-corrected chi connectivity index (χ0v) is 17.8. The summed E-state index contributed by atoms with van der Waals surface area (Å²) in [7, 11) is 0. The van der Waals surface area contributed by atoms with Crippen molar-refractivity contribution >= 4 is 47.1 Å². The summed E-state index contributed by atoms with van der Waals surface area (Å²) in [6.07, 6.45) is 1.71. The van der Waals surface area contributed by atoms with E-state index in [1.165, 1.54) is 0 Å². The van der Waals surface area contributed by atoms with E-state index in [4.69, 9.17) is 11.6 Å². The number of carbonyl (C=O) groups is 2. The van der Waals surface area contributed by atoms with Crippen LogP contribution in [0.5, 0.6) is 0 Å². The minimum atomic E-state index is 0. The van der Waals surface area contributed by atoms with Gasteiger partial charge in [-0.15, -0.1) is 12.4 Å². The maximum absolute atomic E-state index is 12.6. The molecule has 154 valence electrons. The van der Waals surface area contributed by atoms with Crippen LogP contribution in [0.15, 0.2) is 42.5 Å². The number of ketones is 1. The van der Waals surface area contributed by atoms with E-state index in [-0.39, 0.29) is 24.1 Å². The number of fused-ring (bicyclic) bond motifs is 1. The number of piperazine rings is 1. The summed E-state index contributed by atoms with van der Waals surface area (Å²) < 4.78 is 0. The van der Waals surface area contributed by atoms with Crippen molar-refractivity contribution in [2.45, 2.75) is 19.3 Å². The number of nitrogens with zero attached hydrogens (tertiary/aromatic N) is 2. The molecule has 29 heavy (non-hydrogen) atoms. The van der Waals surface area contributed by atoms with E-state index < -0.39 is 0 Å². The highest BCUT2D eigenvalue weighted by atomic mass is 35.5. The van der Waals surface area contributed by atoms with Gasteiger partial charge >= 0.3 is 0 Å². The predicted octanol–water partition coefficient (Wildman–Crippen LogP) is 4.04. The molecule has 2 aliphatic heterocycles. The standard InChI is InChI=1S/C22H24ClN3O2.ClH/c23-18-2-1-3-19(15-18)26-12-10-25(11-13-26)9-8-21(27)17-4-6-20-16(14-17)5-7-22(28)24-20;/h1-4,6,14-15H,5,7-13H2,(H,24,28);1H. The number of rotatable bonds is 5. The summed E-state index contributed by atoms with van der Waals surface area (Å²) in [6.45, 7) is 4.53. The van der Waals surface area contributed by atoms with Crippen molar-refractivity contribution in [3.8, 4) is 0 Å². The lowest BCUT2D eigenvalue weighted by Crippen LogP contribution is -2.46. The second-order valence-electron chi connectivity index (χ2n) is 7.40. The first kappa shape index (κ1) is 21.6. The monoisotopic (exact) mass is 433 g/mol. The van der Waals surface area contributed by atoms with Gasteiger partial charge < -0.3 is 10.2 Å². The highest BCUT2D eigenvalue weighted by Gasteiger charge is 2.20. The van der Waals surface area contributed by atoms with Gasteiger partial charge in [-0.2, -0.15) is 0 Å². The zero-order valence-electron chi connectivity index (χ0n) is 16.2. The van der Waals surface area contributed by atoms with Gasteiger partial charge in [0.15, 0.2) is 5.78 Å². The number of halogens is 2. The number of aryl methyl sites for hydroxylation is 1. The maximum Gasteiger partial charge on any atom is 0.224 e. The van der Waals surface area contributed by atoms with Crippen LogP contribution in [0, 0.1) is 0 Å². The predicted molar refractivity (Wildman–Crippen MR) is 120 cm³/mol. The van der Waals surface area contributed by atoms with Crippen LogP contribution in [0.1, 0.15) is 28.8 Å². The third kappa shape index (κ3) is 5.30. The summed E-state index contributed by atoms with van der Waals surface area (Å²) in [5.41, 5.74) is 3.79. The summed E-state index contributed by atoms with van der Waals surface area (Å²) in [6, 6.07) is 13.6. The van der Waals surface area contributed by atoms with E-state index in [9.17, 15) is 9.59 Å². The van der Waals surface area contributed by atoms with Crippen molar-refractivity contribution in [2.24, 2.45) is 0 Å². The van der Waals surface area contributed by atoms with Gasteiger partial charge in [-0.25, -0.2) is 0 Å². The van der Waals surface area contributed by atoms with Crippen molar-refractivity contribution in [2.75, 3.05) is 42.9 Å². The molecule has 1 saturated heterocycles. The summed E-state index contributed by atoms with van der Waals surface area (Å²) in [5.74, 6) is 0.209. The third-order valence-electron chi connectivity index (χ3n) is 5.52. The number of Topliss-reactive ketones (excluding diaryl/α,β-unsaturated/α-hetero) is 1. The van der Waals surface area contributed by atoms with Crippen LogP contribution in [0.2, 0.25) is 5.02 Å². The topological polar surface area (TPSA) is 52.7 Å². The van der Waals surface area contributed by atoms with Gasteiger partial charge in [0.05, 0.1) is 0 Å². The quantitative estimate of drug-likeness (QED) is 0.722. The van der Waals surface area contributed by atoms with Gasteiger partial charge in [-0.3, -0.25) is 14.5 Å². The number of nitrogens with one attached hydrogen (secondary N) is 1. The Balaban J connectivity index is 0.00000240. The van der Waals surface area contributed by atoms with Crippen LogP contribution in [0.3, 0.4) is 0 Å². The van der Waals surface area contributed by atoms with Crippen molar-refractivity contribution in [3.05, 3.63) is 58.6 Å². The lowest BCUT2D eigenvalue weighted by atomic mass is 9.98. The van der Waals surface area contributed by atoms with Crippen molar-refractivity contribution in [1.29, 1.82) is 0 Å². The average molecular weight is 434 g/mol. The molecule has 2 aliphatic rings. The molecule has 0 aromatic heterocycles. The van der Waals surface area contributed by atoms with Gasteiger partial charge in [0.1, 0.15) is 0 Å². The molecule has 1 N–H and O–H groups in total. The van der Waals surface area contributed by atoms with Gasteiger partial charge in [0.25, 0.3) is 0 Å². The number of hydrogen-bond donors (Lipinski definition) is 1. The Morgan fingerprint density at radius 2 is 1.83 bits per heavy atom. The SMILES string of the molecule is Cl.O=C1CCc2cc(C(=O)CCN3CCN(c4cccc(Cl)c4)CC3)ccc2N1. The second-order valence-corrected chi connectivity index (χ2v) is 7.84. The highest BCUT2D eigenvalue weighted by molar-refractivity contribution is 6.30. The first-order valence-electron chi connectivity index (χ1n) is 9.77. The molecule has 0 radical (unpaired) electrons. The van der Waals surface area contributed by atoms with E-state index in [1.54, 1.807) is 0 Å². The molecule has 2 aromatic rings. The Bertz CT molecular complexity index is 895. The molecule has 5 nitrogen and oxygen atoms in total. The van der Waals surface area contributed by atoms with Crippen molar-refractivity contribution in [3.63, 3.8) is 0 Å². The van der Waals surface area contributed by atoms with Gasteiger partial charge in [0, 0.05) is 67.5 Å². The third-order valence-corrected chi connectivity index (χ3v) is 5.76. The van der Waals surface area contributed by atoms with Crippen LogP contribution >= 0.6 is 24.0 Å². The second kappa shape index (κ2) is 9.61. The summed E-state index contributed by atoms with van der Waals surface area (Å²) in [4.78, 5) is 28.8. The largest absolute Gasteiger partial charge is 0.369 e. The molecule has 0 saturated carbocycles. The van der Waals surface area contributed by atoms with Gasteiger partial charge in [-0.1, -0.05) is 17.7 Å². The Morgan fingerprint density at radius 1 is 1.03 bits per heavy atom. The van der Waals surface area contributed by atoms with Crippen LogP contribution in [0.4, 0.5) is 11.4 Å². The first-order valence-corrected chi connectivity index (χ1v) is 10.2. The number of carbonyl (C=O) groups excluding carboxylic acids is 2. The maximum atomic E-state index is 12.6. The molecule has 4 rings (SSSR count). The highest BCUT2D eigenvalue weighted by Crippen LogP contribution is 2.24. The van der Waals surface area contributed by atoms with Crippen LogP contribution in [0.25, 0.3) is 0 Å². The molecule has 0 unspecified atom stereocenters. The molecule has 0 bridgehead atoms. The van der Waals surface area contributed by atoms with E-state index in [0.717, 1.165) is 60.2 Å². The molecule has 1 fully saturated rings. The summed E-state index contributed by atoms with van der Waals surface area (Å²) >= 11 is 6.09. The van der Waals surface area contributed by atoms with Crippen LogP contribution < -0.4 is 10.2 Å². The Hall–Kier alpha value is -2.08. The molecule has 7 heteroatoms. The molecular weight excluding hydrogens is 409 g/mol. The average Bonchev–Trinajstić information content (AvgIpc) is 2.72. The lowest BCUT2D eigenvalue weighted by Gasteiger charge is -2.36. The van der Waals surface area contributed by atoms with E-state index in [2.05, 4.69) is 21.2 Å². The first-order chi connectivity index (χ1) is 13.6. The summed E-state index contributed by atoms with van der Waals surface area (Å²) in [5, 5.41) is 3.62. The molecule has 2 heterocycles. The van der Waals surface area contributed by atoms with Crippen molar-refractivity contribution < 1.29 is 9.59 Å². The Kier molecular flexibility index (Phi) is 7.17. The zero-order chi connectivity index (χ0) is 19.5. The van der Waals surface area contributed by atoms with Gasteiger partial charge in [0.2, 0.25) is 5.91 Å². The smallest absolute Gasteiger partial charge is 0.224 e. The minimum absolute atomic E-state index is 0. The van der Waals surface area contributed by atoms with E-state index >= 15 is 0 Å². The number of anilines is 2. The minimum Gasteiger partial charge on any atom is -0.369 e. The molecule has 0 aliphatic carbocycles. The molecule has 0 atom stereocenters. The fourth-order valence-electron chi connectivity index (χ4n) is 3.86. The molecule has 2 aromatic carbocycles. The number of hydrogen-bond acceptors (Lipinski definition) is 4. The van der Waals surface area contributed by atoms with Crippen LogP contribution in [-0.2, 0) is 11.2 Å². The normalized spacial score (nSPS) is 16.6. The van der Waals surface area contributed by atoms with Crippen LogP contribution in [-0.4, -0.2) is 49.3 Å². The molecule has 0 spiro atoms. The lowest BCUT2D eigenvalue weighted by molar-refractivity contribution is -0.116. The molecular formula is C22H25Cl2N3O2. The number of amides is 1. The van der Waals surface area contributed by atoms with Crippen molar-refractivity contribution in [1.82, 2.24) is 4.90 Å². The Labute approximate surface area is 182 Å².